The first-order chi connectivity index (χ1) is 10.3. The molecule has 0 saturated carbocycles. The smallest absolute Gasteiger partial charge is 0.332 e. The van der Waals surface area contributed by atoms with Gasteiger partial charge in [-0.05, 0) is 37.3 Å². The molecule has 0 radical (unpaired) electrons. The van der Waals surface area contributed by atoms with Gasteiger partial charge in [-0.15, -0.1) is 3.89 Å². The maximum absolute atomic E-state index is 13.0. The molecule has 2 rings (SSSR count). The minimum Gasteiger partial charge on any atom is -0.480 e. The van der Waals surface area contributed by atoms with Crippen LogP contribution in [-0.2, 0) is 10.2 Å². The summed E-state index contributed by atoms with van der Waals surface area (Å²) >= 11 is 0. The Bertz CT molecular complexity index is 821. The van der Waals surface area contributed by atoms with Crippen LogP contribution in [0.1, 0.15) is 16.1 Å². The van der Waals surface area contributed by atoms with Gasteiger partial charge in [0.2, 0.25) is 5.88 Å². The number of benzene rings is 1. The highest BCUT2D eigenvalue weighted by Crippen LogP contribution is 2.20. The molecule has 0 aliphatic heterocycles. The van der Waals surface area contributed by atoms with Gasteiger partial charge in [0.05, 0.1) is 7.11 Å². The number of aryl methyl sites for hydroxylation is 1. The second kappa shape index (κ2) is 6.10. The lowest BCUT2D eigenvalue weighted by Crippen LogP contribution is -2.14. The van der Waals surface area contributed by atoms with Crippen molar-refractivity contribution in [3.63, 3.8) is 0 Å². The maximum Gasteiger partial charge on any atom is 0.332 e. The molecule has 8 heteroatoms. The molecule has 0 unspecified atom stereocenters. The van der Waals surface area contributed by atoms with Gasteiger partial charge in [0.1, 0.15) is 10.5 Å². The summed E-state index contributed by atoms with van der Waals surface area (Å²) in [6, 6.07) is 8.07. The highest BCUT2D eigenvalue weighted by Gasteiger charge is 2.16. The van der Waals surface area contributed by atoms with Crippen LogP contribution >= 0.6 is 0 Å². The van der Waals surface area contributed by atoms with Gasteiger partial charge in [0, 0.05) is 11.4 Å². The van der Waals surface area contributed by atoms with E-state index >= 15 is 0 Å². The molecule has 1 amide bonds. The molecule has 1 aromatic heterocycles. The normalized spacial score (nSPS) is 11.0. The highest BCUT2D eigenvalue weighted by molar-refractivity contribution is 7.86. The van der Waals surface area contributed by atoms with Gasteiger partial charge in [-0.1, -0.05) is 6.07 Å². The van der Waals surface area contributed by atoms with E-state index in [-0.39, 0.29) is 17.1 Å². The number of halogens is 1. The number of pyridine rings is 1. The average Bonchev–Trinajstić information content (AvgIpc) is 2.46. The third kappa shape index (κ3) is 3.59. The number of ether oxygens (including phenoxy) is 1. The standard InChI is InChI=1S/C14H13FN2O4S/c1-9-6-7-12(14(16-9)21-2)13(18)17-10-4-3-5-11(8-10)22(15,19)20/h3-8H,1-2H3,(H,17,18). The van der Waals surface area contributed by atoms with Crippen molar-refractivity contribution in [1.82, 2.24) is 4.98 Å². The van der Waals surface area contributed by atoms with E-state index in [1.54, 1.807) is 13.0 Å². The first-order valence-corrected chi connectivity index (χ1v) is 7.57. The van der Waals surface area contributed by atoms with E-state index in [2.05, 4.69) is 10.3 Å². The topological polar surface area (TPSA) is 85.4 Å². The zero-order valence-electron chi connectivity index (χ0n) is 11.8. The summed E-state index contributed by atoms with van der Waals surface area (Å²) in [4.78, 5) is 15.7. The van der Waals surface area contributed by atoms with E-state index in [1.165, 1.54) is 25.3 Å². The van der Waals surface area contributed by atoms with E-state index in [4.69, 9.17) is 4.74 Å². The highest BCUT2D eigenvalue weighted by atomic mass is 32.3. The molecule has 0 spiro atoms. The summed E-state index contributed by atoms with van der Waals surface area (Å²) in [5, 5.41) is 2.47. The van der Waals surface area contributed by atoms with E-state index in [0.29, 0.717) is 5.69 Å². The van der Waals surface area contributed by atoms with Crippen molar-refractivity contribution in [2.24, 2.45) is 0 Å². The summed E-state index contributed by atoms with van der Waals surface area (Å²) in [5.41, 5.74) is 1.01. The number of methoxy groups -OCH3 is 1. The van der Waals surface area contributed by atoms with Crippen LogP contribution in [0.4, 0.5) is 9.57 Å². The summed E-state index contributed by atoms with van der Waals surface area (Å²) in [6.07, 6.45) is 0. The van der Waals surface area contributed by atoms with Crippen molar-refractivity contribution in [2.45, 2.75) is 11.8 Å². The molecule has 0 aliphatic carbocycles. The number of hydrogen-bond acceptors (Lipinski definition) is 5. The van der Waals surface area contributed by atoms with Crippen molar-refractivity contribution >= 4 is 21.8 Å². The maximum atomic E-state index is 13.0. The molecule has 1 N–H and O–H groups in total. The van der Waals surface area contributed by atoms with Gasteiger partial charge in [0.15, 0.2) is 0 Å². The summed E-state index contributed by atoms with van der Waals surface area (Å²) in [6.45, 7) is 1.75. The Morgan fingerprint density at radius 3 is 2.64 bits per heavy atom. The SMILES string of the molecule is COc1nc(C)ccc1C(=O)Nc1cccc(S(=O)(=O)F)c1. The molecule has 22 heavy (non-hydrogen) atoms. The number of carbonyl (C=O) groups excluding carboxylic acids is 1. The molecule has 6 nitrogen and oxygen atoms in total. The van der Waals surface area contributed by atoms with Crippen LogP contribution in [0.2, 0.25) is 0 Å². The Morgan fingerprint density at radius 1 is 1.27 bits per heavy atom. The molecule has 0 bridgehead atoms. The van der Waals surface area contributed by atoms with Crippen molar-refractivity contribution in [3.8, 4) is 5.88 Å². The lowest BCUT2D eigenvalue weighted by atomic mass is 10.2. The van der Waals surface area contributed by atoms with Gasteiger partial charge >= 0.3 is 10.2 Å². The Hall–Kier alpha value is -2.48. The fraction of sp³-hybridized carbons (Fsp3) is 0.143. The molecule has 0 aliphatic rings. The van der Waals surface area contributed by atoms with Crippen LogP contribution in [-0.4, -0.2) is 26.4 Å². The minimum atomic E-state index is -4.83. The zero-order chi connectivity index (χ0) is 16.3. The van der Waals surface area contributed by atoms with Gasteiger partial charge in [-0.3, -0.25) is 4.79 Å². The Morgan fingerprint density at radius 2 is 2.00 bits per heavy atom. The summed E-state index contributed by atoms with van der Waals surface area (Å²) in [7, 11) is -3.45. The van der Waals surface area contributed by atoms with Crippen molar-refractivity contribution in [2.75, 3.05) is 12.4 Å². The van der Waals surface area contributed by atoms with Gasteiger partial charge in [-0.25, -0.2) is 4.98 Å². The lowest BCUT2D eigenvalue weighted by Gasteiger charge is -2.09. The number of nitrogens with zero attached hydrogens (tertiary/aromatic N) is 1. The van der Waals surface area contributed by atoms with Crippen LogP contribution in [0, 0.1) is 6.92 Å². The van der Waals surface area contributed by atoms with E-state index in [1.807, 2.05) is 0 Å². The first kappa shape index (κ1) is 15.9. The molecule has 0 fully saturated rings. The first-order valence-electron chi connectivity index (χ1n) is 6.19. The van der Waals surface area contributed by atoms with Gasteiger partial charge in [0.25, 0.3) is 5.91 Å². The second-order valence-corrected chi connectivity index (χ2v) is 5.78. The quantitative estimate of drug-likeness (QED) is 0.872. The average molecular weight is 324 g/mol. The number of aromatic nitrogens is 1. The third-order valence-electron chi connectivity index (χ3n) is 2.81. The molecule has 1 aromatic carbocycles. The van der Waals surface area contributed by atoms with Gasteiger partial charge in [-0.2, -0.15) is 8.42 Å². The molecule has 0 saturated heterocycles. The summed E-state index contributed by atoms with van der Waals surface area (Å²) < 4.78 is 39.7. The van der Waals surface area contributed by atoms with Crippen LogP contribution in [0.5, 0.6) is 5.88 Å². The van der Waals surface area contributed by atoms with Crippen LogP contribution in [0.25, 0.3) is 0 Å². The Labute approximate surface area is 127 Å². The van der Waals surface area contributed by atoms with Crippen LogP contribution in [0.15, 0.2) is 41.3 Å². The summed E-state index contributed by atoms with van der Waals surface area (Å²) in [5.74, 6) is -0.399. The predicted molar refractivity (Wildman–Crippen MR) is 78.2 cm³/mol. The minimum absolute atomic E-state index is 0.145. The van der Waals surface area contributed by atoms with E-state index < -0.39 is 21.0 Å². The van der Waals surface area contributed by atoms with Crippen molar-refractivity contribution in [1.29, 1.82) is 0 Å². The van der Waals surface area contributed by atoms with Crippen molar-refractivity contribution in [3.05, 3.63) is 47.7 Å². The zero-order valence-corrected chi connectivity index (χ0v) is 12.6. The molecular weight excluding hydrogens is 311 g/mol. The monoisotopic (exact) mass is 324 g/mol. The molecule has 2 aromatic rings. The van der Waals surface area contributed by atoms with Gasteiger partial charge < -0.3 is 10.1 Å². The molecule has 116 valence electrons. The number of hydrogen-bond donors (Lipinski definition) is 1. The Balaban J connectivity index is 2.30. The fourth-order valence-corrected chi connectivity index (χ4v) is 2.29. The number of carbonyl (C=O) groups is 1. The predicted octanol–water partition coefficient (Wildman–Crippen LogP) is 2.31. The van der Waals surface area contributed by atoms with Crippen molar-refractivity contribution < 1.29 is 21.8 Å². The largest absolute Gasteiger partial charge is 0.480 e. The fourth-order valence-electron chi connectivity index (χ4n) is 1.79. The van der Waals surface area contributed by atoms with E-state index in [9.17, 15) is 17.1 Å². The molecule has 1 heterocycles. The number of anilines is 1. The second-order valence-electron chi connectivity index (χ2n) is 4.43. The number of nitrogens with one attached hydrogen (secondary N) is 1. The lowest BCUT2D eigenvalue weighted by molar-refractivity contribution is 0.102. The van der Waals surface area contributed by atoms with Crippen LogP contribution in [0.3, 0.4) is 0 Å². The molecule has 0 atom stereocenters. The third-order valence-corrected chi connectivity index (χ3v) is 3.63. The Kier molecular flexibility index (Phi) is 4.41. The number of amides is 1. The van der Waals surface area contributed by atoms with E-state index in [0.717, 1.165) is 12.1 Å². The number of rotatable bonds is 4. The molecular formula is C14H13FN2O4S. The van der Waals surface area contributed by atoms with Crippen LogP contribution < -0.4 is 10.1 Å².